The van der Waals surface area contributed by atoms with Crippen molar-refractivity contribution in [3.8, 4) is 0 Å². The van der Waals surface area contributed by atoms with Crippen molar-refractivity contribution < 1.29 is 9.18 Å². The highest BCUT2D eigenvalue weighted by atomic mass is 19.1. The lowest BCUT2D eigenvalue weighted by Gasteiger charge is -2.48. The minimum Gasteiger partial charge on any atom is -0.355 e. The number of likely N-dealkylation sites (tertiary alicyclic amines) is 1. The third kappa shape index (κ3) is 5.61. The number of nitrogens with zero attached hydrogens (tertiary/aromatic N) is 5. The van der Waals surface area contributed by atoms with E-state index in [1.165, 1.54) is 0 Å². The van der Waals surface area contributed by atoms with Crippen molar-refractivity contribution in [1.82, 2.24) is 19.8 Å². The van der Waals surface area contributed by atoms with E-state index < -0.39 is 6.17 Å². The lowest BCUT2D eigenvalue weighted by atomic mass is 9.58. The Labute approximate surface area is 203 Å². The first-order valence-electron chi connectivity index (χ1n) is 12.3. The summed E-state index contributed by atoms with van der Waals surface area (Å²) in [4.78, 5) is 28.2. The van der Waals surface area contributed by atoms with Crippen LogP contribution in [0.2, 0.25) is 0 Å². The Morgan fingerprint density at radius 2 is 1.91 bits per heavy atom. The quantitative estimate of drug-likeness (QED) is 0.667. The minimum absolute atomic E-state index is 0.0598. The van der Waals surface area contributed by atoms with Crippen LogP contribution >= 0.6 is 0 Å². The second kappa shape index (κ2) is 10.4. The third-order valence-electron chi connectivity index (χ3n) is 7.28. The molecule has 0 radical (unpaired) electrons. The highest BCUT2D eigenvalue weighted by molar-refractivity contribution is 6.40. The van der Waals surface area contributed by atoms with E-state index in [4.69, 9.17) is 0 Å². The fraction of sp³-hybridized carbons (Fsp3) is 0.542. The number of hydrogen-bond donors (Lipinski definition) is 1. The number of carbonyl (C=O) groups is 1. The molecule has 7 nitrogen and oxygen atoms in total. The average molecular weight is 464 g/mol. The Balaban J connectivity index is 1.45. The van der Waals surface area contributed by atoms with Crippen LogP contribution in [0.25, 0.3) is 0 Å². The fourth-order valence-corrected chi connectivity index (χ4v) is 5.13. The van der Waals surface area contributed by atoms with Crippen molar-refractivity contribution in [2.24, 2.45) is 0 Å². The molecular formula is C24H35B2FN6O. The molecule has 0 aromatic carbocycles. The number of aromatic nitrogens is 2. The summed E-state index contributed by atoms with van der Waals surface area (Å²) in [6.45, 7) is 8.06. The topological polar surface area (TPSA) is 64.6 Å². The number of nitrogens with one attached hydrogen (secondary N) is 1. The largest absolute Gasteiger partial charge is 0.355 e. The minimum atomic E-state index is -0.847. The fourth-order valence-electron chi connectivity index (χ4n) is 5.13. The van der Waals surface area contributed by atoms with E-state index in [1.54, 1.807) is 30.6 Å². The van der Waals surface area contributed by atoms with Gasteiger partial charge < -0.3 is 15.1 Å². The molecule has 4 heterocycles. The summed E-state index contributed by atoms with van der Waals surface area (Å²) in [5, 5.41) is 2.76. The molecule has 1 N–H and O–H groups in total. The standard InChI is InChI=1S/C24H35B2FN6O/c1-17(2)32-12-8-21(19(27)16-32)33-15-14-31(13-9-24(33,25)26)22-5-3-4-20(30-22)23(34)29-18-6-10-28-11-7-18/h3-7,10-11,17,19,21H,8-9,12-16,25-26H2,1-2H3,(H,28,29,34). The van der Waals surface area contributed by atoms with Gasteiger partial charge >= 0.3 is 0 Å². The molecule has 2 aromatic rings. The van der Waals surface area contributed by atoms with Gasteiger partial charge in [0.1, 0.15) is 33.4 Å². The van der Waals surface area contributed by atoms with Gasteiger partial charge in [-0.25, -0.2) is 9.37 Å². The van der Waals surface area contributed by atoms with Gasteiger partial charge in [-0.2, -0.15) is 0 Å². The van der Waals surface area contributed by atoms with E-state index in [0.717, 1.165) is 44.8 Å². The molecule has 2 atom stereocenters. The summed E-state index contributed by atoms with van der Waals surface area (Å²) in [7, 11) is 4.45. The summed E-state index contributed by atoms with van der Waals surface area (Å²) in [5.41, 5.74) is 1.06. The second-order valence-electron chi connectivity index (χ2n) is 10.3. The number of amides is 1. The summed E-state index contributed by atoms with van der Waals surface area (Å²) in [6.07, 6.45) is 4.18. The van der Waals surface area contributed by atoms with Gasteiger partial charge in [-0.1, -0.05) is 6.07 Å². The Hall–Kier alpha value is -2.45. The third-order valence-corrected chi connectivity index (χ3v) is 7.28. The molecule has 0 bridgehead atoms. The van der Waals surface area contributed by atoms with Gasteiger partial charge in [0.15, 0.2) is 0 Å². The van der Waals surface area contributed by atoms with E-state index in [9.17, 15) is 4.79 Å². The van der Waals surface area contributed by atoms with Crippen LogP contribution in [0.1, 0.15) is 37.2 Å². The van der Waals surface area contributed by atoms with Crippen LogP contribution in [0.4, 0.5) is 15.9 Å². The number of hydrogen-bond acceptors (Lipinski definition) is 6. The number of anilines is 2. The molecule has 2 aliphatic rings. The Kier molecular flexibility index (Phi) is 7.57. The van der Waals surface area contributed by atoms with Crippen molar-refractivity contribution >= 4 is 33.1 Å². The van der Waals surface area contributed by atoms with Gasteiger partial charge in [0.05, 0.1) is 0 Å². The van der Waals surface area contributed by atoms with Crippen molar-refractivity contribution in [1.29, 1.82) is 0 Å². The first kappa shape index (κ1) is 24.7. The maximum absolute atomic E-state index is 15.3. The molecule has 10 heteroatoms. The SMILES string of the molecule is BC1(B)CCN(c2cccc(C(=O)Nc3ccncc3)n2)CCN1C1CCN(C(C)C)CC1F. The lowest BCUT2D eigenvalue weighted by Crippen LogP contribution is -2.62. The zero-order valence-corrected chi connectivity index (χ0v) is 20.7. The van der Waals surface area contributed by atoms with Crippen molar-refractivity contribution in [3.05, 3.63) is 48.4 Å². The van der Waals surface area contributed by atoms with Crippen molar-refractivity contribution in [2.45, 2.75) is 50.3 Å². The van der Waals surface area contributed by atoms with Crippen LogP contribution < -0.4 is 10.2 Å². The molecule has 2 aliphatic heterocycles. The van der Waals surface area contributed by atoms with Crippen LogP contribution in [-0.4, -0.2) is 97.7 Å². The van der Waals surface area contributed by atoms with Crippen LogP contribution in [0.3, 0.4) is 0 Å². The number of rotatable bonds is 5. The highest BCUT2D eigenvalue weighted by Crippen LogP contribution is 2.29. The molecular weight excluding hydrogens is 429 g/mol. The van der Waals surface area contributed by atoms with E-state index >= 15 is 4.39 Å². The molecule has 1 amide bonds. The van der Waals surface area contributed by atoms with Gasteiger partial charge in [-0.15, -0.1) is 0 Å². The maximum Gasteiger partial charge on any atom is 0.274 e. The summed E-state index contributed by atoms with van der Waals surface area (Å²) in [5.74, 6) is 0.536. The molecule has 2 aromatic heterocycles. The average Bonchev–Trinajstić information content (AvgIpc) is 2.97. The Bertz CT molecular complexity index is 979. The van der Waals surface area contributed by atoms with E-state index in [-0.39, 0.29) is 17.3 Å². The predicted molar refractivity (Wildman–Crippen MR) is 140 cm³/mol. The van der Waals surface area contributed by atoms with Crippen molar-refractivity contribution in [3.63, 3.8) is 0 Å². The number of carbonyl (C=O) groups excluding carboxylic acids is 1. The van der Waals surface area contributed by atoms with Gasteiger partial charge in [-0.3, -0.25) is 14.7 Å². The molecule has 0 saturated carbocycles. The summed E-state index contributed by atoms with van der Waals surface area (Å²) < 4.78 is 15.3. The molecule has 2 saturated heterocycles. The van der Waals surface area contributed by atoms with Crippen molar-refractivity contribution in [2.75, 3.05) is 42.9 Å². The first-order chi connectivity index (χ1) is 16.2. The van der Waals surface area contributed by atoms with Crippen LogP contribution in [0.5, 0.6) is 0 Å². The summed E-state index contributed by atoms with van der Waals surface area (Å²) in [6, 6.07) is 9.36. The molecule has 4 rings (SSSR count). The molecule has 2 unspecified atom stereocenters. The molecule has 0 spiro atoms. The molecule has 0 aliphatic carbocycles. The molecule has 34 heavy (non-hydrogen) atoms. The van der Waals surface area contributed by atoms with Crippen LogP contribution in [0.15, 0.2) is 42.7 Å². The maximum atomic E-state index is 15.3. The number of piperidine rings is 1. The zero-order valence-electron chi connectivity index (χ0n) is 20.7. The van der Waals surface area contributed by atoms with Crippen LogP contribution in [-0.2, 0) is 0 Å². The van der Waals surface area contributed by atoms with E-state index in [1.807, 2.05) is 12.1 Å². The lowest BCUT2D eigenvalue weighted by molar-refractivity contribution is 0.0115. The predicted octanol–water partition coefficient (Wildman–Crippen LogP) is 0.982. The monoisotopic (exact) mass is 464 g/mol. The molecule has 180 valence electrons. The van der Waals surface area contributed by atoms with Gasteiger partial charge in [0, 0.05) is 62.9 Å². The molecule has 2 fully saturated rings. The first-order valence-corrected chi connectivity index (χ1v) is 12.3. The Morgan fingerprint density at radius 1 is 1.15 bits per heavy atom. The normalized spacial score (nSPS) is 24.1. The van der Waals surface area contributed by atoms with Gasteiger partial charge in [-0.05, 0) is 56.3 Å². The smallest absolute Gasteiger partial charge is 0.274 e. The van der Waals surface area contributed by atoms with E-state index in [0.29, 0.717) is 24.0 Å². The second-order valence-corrected chi connectivity index (χ2v) is 10.3. The van der Waals surface area contributed by atoms with E-state index in [2.05, 4.69) is 59.5 Å². The van der Waals surface area contributed by atoms with Gasteiger partial charge in [0.2, 0.25) is 0 Å². The summed E-state index contributed by atoms with van der Waals surface area (Å²) >= 11 is 0. The Morgan fingerprint density at radius 3 is 2.62 bits per heavy atom. The van der Waals surface area contributed by atoms with Gasteiger partial charge in [0.25, 0.3) is 5.91 Å². The number of alkyl halides is 1. The number of pyridine rings is 2. The van der Waals surface area contributed by atoms with Crippen LogP contribution in [0, 0.1) is 0 Å². The highest BCUT2D eigenvalue weighted by Gasteiger charge is 2.41. The number of halogens is 1. The zero-order chi connectivity index (χ0) is 24.3.